The summed E-state index contributed by atoms with van der Waals surface area (Å²) in [7, 11) is 0. The number of hydrogen-bond acceptors (Lipinski definition) is 2. The molecule has 0 aliphatic carbocycles. The molecule has 0 aromatic heterocycles. The van der Waals surface area contributed by atoms with E-state index in [2.05, 4.69) is 31.9 Å². The summed E-state index contributed by atoms with van der Waals surface area (Å²) in [6.45, 7) is 0. The topological polar surface area (TPSA) is 20.2 Å². The number of allylic oxidation sites excluding steroid dienone is 1. The summed E-state index contributed by atoms with van der Waals surface area (Å²) in [5.41, 5.74) is 0. The van der Waals surface area contributed by atoms with Gasteiger partial charge in [-0.1, -0.05) is 31.9 Å². The van der Waals surface area contributed by atoms with E-state index in [1.165, 1.54) is 0 Å². The molecule has 0 aromatic carbocycles. The summed E-state index contributed by atoms with van der Waals surface area (Å²) in [6.07, 6.45) is 1.43. The second-order valence-electron chi connectivity index (χ2n) is 2.27. The zero-order chi connectivity index (χ0) is 8.48. The Morgan fingerprint density at radius 1 is 1.82 bits per heavy atom. The molecular formula is C6H7Br2ClOS. The van der Waals surface area contributed by atoms with Crippen LogP contribution in [0.5, 0.6) is 0 Å². The van der Waals surface area contributed by atoms with Crippen LogP contribution in [-0.2, 0) is 0 Å². The Kier molecular flexibility index (Phi) is 3.78. The lowest BCUT2D eigenvalue weighted by molar-refractivity contribution is 0.243. The minimum atomic E-state index is -0.515. The van der Waals surface area contributed by atoms with E-state index in [0.717, 1.165) is 10.7 Å². The Hall–Kier alpha value is 1.30. The molecule has 5 heteroatoms. The maximum atomic E-state index is 9.33. The van der Waals surface area contributed by atoms with Crippen molar-refractivity contribution in [1.82, 2.24) is 0 Å². The van der Waals surface area contributed by atoms with Crippen molar-refractivity contribution in [1.29, 1.82) is 0 Å². The Morgan fingerprint density at radius 2 is 2.45 bits per heavy atom. The number of alkyl halides is 3. The van der Waals surface area contributed by atoms with Crippen molar-refractivity contribution in [3.8, 4) is 0 Å². The van der Waals surface area contributed by atoms with Crippen molar-refractivity contribution in [2.24, 2.45) is 0 Å². The predicted octanol–water partition coefficient (Wildman–Crippen LogP) is 2.70. The monoisotopic (exact) mass is 320 g/mol. The molecule has 1 aliphatic heterocycles. The fourth-order valence-corrected chi connectivity index (χ4v) is 3.48. The molecule has 1 aliphatic rings. The molecule has 0 aromatic rings. The Labute approximate surface area is 91.8 Å². The first kappa shape index (κ1) is 10.4. The molecule has 1 atom stereocenters. The van der Waals surface area contributed by atoms with E-state index < -0.39 is 6.10 Å². The summed E-state index contributed by atoms with van der Waals surface area (Å²) in [6, 6.07) is 0. The molecule has 0 saturated carbocycles. The molecule has 1 N–H and O–H groups in total. The van der Waals surface area contributed by atoms with Gasteiger partial charge in [-0.3, -0.25) is 0 Å². The van der Waals surface area contributed by atoms with E-state index in [-0.39, 0.29) is 9.11 Å². The average molecular weight is 322 g/mol. The van der Waals surface area contributed by atoms with Crippen molar-refractivity contribution in [2.75, 3.05) is 11.6 Å². The Balaban J connectivity index is 2.62. The number of rotatable bonds is 2. The number of halogens is 3. The molecule has 1 heterocycles. The second-order valence-corrected chi connectivity index (χ2v) is 7.52. The maximum absolute atomic E-state index is 9.33. The smallest absolute Gasteiger partial charge is 0.109 e. The lowest BCUT2D eigenvalue weighted by atomic mass is 10.3. The molecular weight excluding hydrogens is 315 g/mol. The quantitative estimate of drug-likeness (QED) is 0.789. The van der Waals surface area contributed by atoms with Crippen molar-refractivity contribution in [2.45, 2.75) is 9.34 Å². The normalized spacial score (nSPS) is 24.9. The van der Waals surface area contributed by atoms with Crippen LogP contribution in [0.3, 0.4) is 0 Å². The van der Waals surface area contributed by atoms with Crippen molar-refractivity contribution >= 4 is 55.2 Å². The van der Waals surface area contributed by atoms with Gasteiger partial charge in [-0.2, -0.15) is 0 Å². The highest BCUT2D eigenvalue weighted by molar-refractivity contribution is 9.25. The SMILES string of the molecule is OC(CCl)C1=CC(Br)(Br)CS1. The number of hydrogen-bond donors (Lipinski definition) is 1. The van der Waals surface area contributed by atoms with Crippen LogP contribution >= 0.6 is 55.2 Å². The van der Waals surface area contributed by atoms with Crippen LogP contribution < -0.4 is 0 Å². The minimum Gasteiger partial charge on any atom is -0.387 e. The number of thioether (sulfide) groups is 1. The maximum Gasteiger partial charge on any atom is 0.109 e. The van der Waals surface area contributed by atoms with Gasteiger partial charge in [0.15, 0.2) is 0 Å². The van der Waals surface area contributed by atoms with Crippen molar-refractivity contribution < 1.29 is 5.11 Å². The van der Waals surface area contributed by atoms with E-state index in [4.69, 9.17) is 11.6 Å². The largest absolute Gasteiger partial charge is 0.387 e. The third-order valence-corrected chi connectivity index (χ3v) is 4.64. The van der Waals surface area contributed by atoms with E-state index in [1.54, 1.807) is 11.8 Å². The van der Waals surface area contributed by atoms with Gasteiger partial charge >= 0.3 is 0 Å². The fourth-order valence-electron chi connectivity index (χ4n) is 0.739. The van der Waals surface area contributed by atoms with Crippen LogP contribution in [0.4, 0.5) is 0 Å². The molecule has 64 valence electrons. The molecule has 11 heavy (non-hydrogen) atoms. The van der Waals surface area contributed by atoms with Crippen molar-refractivity contribution in [3.05, 3.63) is 11.0 Å². The van der Waals surface area contributed by atoms with Gasteiger partial charge in [0.1, 0.15) is 3.23 Å². The van der Waals surface area contributed by atoms with Gasteiger partial charge in [-0.25, -0.2) is 0 Å². The molecule has 0 spiro atoms. The van der Waals surface area contributed by atoms with Gasteiger partial charge in [0.05, 0.1) is 12.0 Å². The van der Waals surface area contributed by atoms with E-state index in [0.29, 0.717) is 0 Å². The van der Waals surface area contributed by atoms with E-state index in [1.807, 2.05) is 6.08 Å². The van der Waals surface area contributed by atoms with Gasteiger partial charge in [-0.05, 0) is 6.08 Å². The predicted molar refractivity (Wildman–Crippen MR) is 57.9 cm³/mol. The highest BCUT2D eigenvalue weighted by Crippen LogP contribution is 2.43. The number of aliphatic hydroxyl groups is 1. The van der Waals surface area contributed by atoms with Gasteiger partial charge < -0.3 is 5.11 Å². The van der Waals surface area contributed by atoms with E-state index in [9.17, 15) is 5.11 Å². The highest BCUT2D eigenvalue weighted by atomic mass is 79.9. The fraction of sp³-hybridized carbons (Fsp3) is 0.667. The van der Waals surface area contributed by atoms with Crippen LogP contribution in [0, 0.1) is 0 Å². The first-order valence-corrected chi connectivity index (χ1v) is 6.13. The summed E-state index contributed by atoms with van der Waals surface area (Å²) < 4.78 is -0.146. The summed E-state index contributed by atoms with van der Waals surface area (Å²) in [5.74, 6) is 1.14. The second kappa shape index (κ2) is 4.01. The standard InChI is InChI=1S/C6H7Br2ClOS/c7-6(8)1-5(11-3-6)4(10)2-9/h1,4,10H,2-3H2. The Morgan fingerprint density at radius 3 is 2.82 bits per heavy atom. The van der Waals surface area contributed by atoms with Gasteiger partial charge in [-0.15, -0.1) is 23.4 Å². The lowest BCUT2D eigenvalue weighted by Gasteiger charge is -2.05. The van der Waals surface area contributed by atoms with Crippen LogP contribution in [-0.4, -0.2) is 26.1 Å². The van der Waals surface area contributed by atoms with E-state index >= 15 is 0 Å². The molecule has 1 unspecified atom stereocenters. The molecule has 1 nitrogen and oxygen atoms in total. The molecule has 0 amide bonds. The average Bonchev–Trinajstić information content (AvgIpc) is 2.29. The summed E-state index contributed by atoms with van der Waals surface area (Å²) in [5, 5.41) is 9.33. The summed E-state index contributed by atoms with van der Waals surface area (Å²) in [4.78, 5) is 0.939. The molecule has 0 radical (unpaired) electrons. The molecule has 0 saturated heterocycles. The first-order chi connectivity index (χ1) is 5.05. The molecule has 1 rings (SSSR count). The van der Waals surface area contributed by atoms with Gasteiger partial charge in [0.25, 0.3) is 0 Å². The van der Waals surface area contributed by atoms with Gasteiger partial charge in [0.2, 0.25) is 0 Å². The minimum absolute atomic E-state index is 0.146. The lowest BCUT2D eigenvalue weighted by Crippen LogP contribution is -2.08. The third-order valence-electron chi connectivity index (χ3n) is 1.26. The zero-order valence-corrected chi connectivity index (χ0v) is 10.3. The third kappa shape index (κ3) is 2.92. The zero-order valence-electron chi connectivity index (χ0n) is 5.56. The Bertz CT molecular complexity index is 183. The highest BCUT2D eigenvalue weighted by Gasteiger charge is 2.29. The van der Waals surface area contributed by atoms with Gasteiger partial charge in [0, 0.05) is 10.7 Å². The van der Waals surface area contributed by atoms with Crippen LogP contribution in [0.15, 0.2) is 11.0 Å². The first-order valence-electron chi connectivity index (χ1n) is 3.02. The van der Waals surface area contributed by atoms with Crippen LogP contribution in [0.1, 0.15) is 0 Å². The van der Waals surface area contributed by atoms with Crippen LogP contribution in [0.25, 0.3) is 0 Å². The van der Waals surface area contributed by atoms with Crippen LogP contribution in [0.2, 0.25) is 0 Å². The molecule has 0 fully saturated rings. The molecule has 0 bridgehead atoms. The number of aliphatic hydroxyl groups excluding tert-OH is 1. The van der Waals surface area contributed by atoms with Crippen molar-refractivity contribution in [3.63, 3.8) is 0 Å². The summed E-state index contributed by atoms with van der Waals surface area (Å²) >= 11 is 14.0.